The Morgan fingerprint density at radius 3 is 2.94 bits per heavy atom. The molecular formula is C13H20N2O. The Bertz CT molecular complexity index is 365. The molecule has 16 heavy (non-hydrogen) atoms. The zero-order valence-corrected chi connectivity index (χ0v) is 10.3. The van der Waals surface area contributed by atoms with Crippen molar-refractivity contribution in [1.82, 2.24) is 10.2 Å². The molecule has 1 aliphatic rings. The van der Waals surface area contributed by atoms with Gasteiger partial charge in [0.1, 0.15) is 5.75 Å². The second-order valence-corrected chi connectivity index (χ2v) is 4.39. The molecule has 0 aromatic heterocycles. The van der Waals surface area contributed by atoms with E-state index in [1.807, 2.05) is 12.1 Å². The van der Waals surface area contributed by atoms with E-state index in [0.717, 1.165) is 25.4 Å². The Kier molecular flexibility index (Phi) is 3.46. The van der Waals surface area contributed by atoms with E-state index in [0.29, 0.717) is 6.04 Å². The lowest BCUT2D eigenvalue weighted by Gasteiger charge is -2.35. The minimum absolute atomic E-state index is 0.421. The van der Waals surface area contributed by atoms with Gasteiger partial charge >= 0.3 is 0 Å². The Balaban J connectivity index is 2.37. The average Bonchev–Trinajstić information content (AvgIpc) is 2.30. The van der Waals surface area contributed by atoms with Gasteiger partial charge in [0.05, 0.1) is 13.2 Å². The molecule has 2 rings (SSSR count). The van der Waals surface area contributed by atoms with Gasteiger partial charge in [-0.2, -0.15) is 0 Å². The van der Waals surface area contributed by atoms with Gasteiger partial charge in [-0.05, 0) is 25.6 Å². The number of likely N-dealkylation sites (N-methyl/N-ethyl adjacent to an activating group) is 1. The summed E-state index contributed by atoms with van der Waals surface area (Å²) >= 11 is 0. The lowest BCUT2D eigenvalue weighted by Crippen LogP contribution is -2.44. The largest absolute Gasteiger partial charge is 0.496 e. The SMILES string of the molecule is COc1cccc(C)c1C1CNCCN1C. The van der Waals surface area contributed by atoms with Gasteiger partial charge in [0.15, 0.2) is 0 Å². The smallest absolute Gasteiger partial charge is 0.123 e. The summed E-state index contributed by atoms with van der Waals surface area (Å²) in [6, 6.07) is 6.67. The average molecular weight is 220 g/mol. The molecule has 3 heteroatoms. The number of hydrogen-bond donors (Lipinski definition) is 1. The molecule has 1 heterocycles. The lowest BCUT2D eigenvalue weighted by molar-refractivity contribution is 0.197. The van der Waals surface area contributed by atoms with Crippen LogP contribution in [-0.4, -0.2) is 38.7 Å². The van der Waals surface area contributed by atoms with E-state index >= 15 is 0 Å². The minimum Gasteiger partial charge on any atom is -0.496 e. The van der Waals surface area contributed by atoms with Gasteiger partial charge < -0.3 is 10.1 Å². The Hall–Kier alpha value is -1.06. The molecule has 1 unspecified atom stereocenters. The van der Waals surface area contributed by atoms with E-state index in [1.54, 1.807) is 7.11 Å². The molecule has 1 aromatic carbocycles. The van der Waals surface area contributed by atoms with Crippen molar-refractivity contribution in [3.8, 4) is 5.75 Å². The third-order valence-corrected chi connectivity index (χ3v) is 3.35. The van der Waals surface area contributed by atoms with Gasteiger partial charge in [0.2, 0.25) is 0 Å². The van der Waals surface area contributed by atoms with Crippen LogP contribution in [-0.2, 0) is 0 Å². The third kappa shape index (κ3) is 2.06. The Labute approximate surface area is 97.4 Å². The minimum atomic E-state index is 0.421. The van der Waals surface area contributed by atoms with Crippen LogP contribution in [0.5, 0.6) is 5.75 Å². The fourth-order valence-electron chi connectivity index (χ4n) is 2.39. The number of rotatable bonds is 2. The number of nitrogens with zero attached hydrogens (tertiary/aromatic N) is 1. The fourth-order valence-corrected chi connectivity index (χ4v) is 2.39. The summed E-state index contributed by atoms with van der Waals surface area (Å²) in [7, 11) is 3.92. The summed E-state index contributed by atoms with van der Waals surface area (Å²) in [6.45, 7) is 5.31. The van der Waals surface area contributed by atoms with Gasteiger partial charge in [0, 0.05) is 25.2 Å². The molecule has 1 N–H and O–H groups in total. The van der Waals surface area contributed by atoms with E-state index in [-0.39, 0.29) is 0 Å². The molecular weight excluding hydrogens is 200 g/mol. The molecule has 88 valence electrons. The van der Waals surface area contributed by atoms with Crippen molar-refractivity contribution in [1.29, 1.82) is 0 Å². The Morgan fingerprint density at radius 2 is 2.25 bits per heavy atom. The van der Waals surface area contributed by atoms with E-state index in [1.165, 1.54) is 11.1 Å². The molecule has 0 radical (unpaired) electrons. The first kappa shape index (κ1) is 11.4. The summed E-state index contributed by atoms with van der Waals surface area (Å²) in [4.78, 5) is 2.39. The van der Waals surface area contributed by atoms with E-state index in [9.17, 15) is 0 Å². The van der Waals surface area contributed by atoms with Gasteiger partial charge in [-0.25, -0.2) is 0 Å². The highest BCUT2D eigenvalue weighted by Gasteiger charge is 2.24. The van der Waals surface area contributed by atoms with Crippen LogP contribution in [0.3, 0.4) is 0 Å². The summed E-state index contributed by atoms with van der Waals surface area (Å²) in [5, 5.41) is 3.45. The Morgan fingerprint density at radius 1 is 1.44 bits per heavy atom. The first-order valence-electron chi connectivity index (χ1n) is 5.78. The number of hydrogen-bond acceptors (Lipinski definition) is 3. The molecule has 1 aromatic rings. The maximum atomic E-state index is 5.47. The predicted octanol–water partition coefficient (Wildman–Crippen LogP) is 1.58. The quantitative estimate of drug-likeness (QED) is 0.819. The number of aryl methyl sites for hydroxylation is 1. The van der Waals surface area contributed by atoms with Crippen LogP contribution in [0.2, 0.25) is 0 Å². The van der Waals surface area contributed by atoms with Gasteiger partial charge in [-0.15, -0.1) is 0 Å². The first-order valence-corrected chi connectivity index (χ1v) is 5.78. The normalized spacial score (nSPS) is 22.1. The van der Waals surface area contributed by atoms with Crippen molar-refractivity contribution in [2.24, 2.45) is 0 Å². The number of piperazine rings is 1. The van der Waals surface area contributed by atoms with Gasteiger partial charge in [-0.1, -0.05) is 12.1 Å². The fraction of sp³-hybridized carbons (Fsp3) is 0.538. The molecule has 1 saturated heterocycles. The summed E-state index contributed by atoms with van der Waals surface area (Å²) in [5.41, 5.74) is 2.62. The van der Waals surface area contributed by atoms with E-state index in [4.69, 9.17) is 4.74 Å². The molecule has 0 spiro atoms. The molecule has 1 fully saturated rings. The van der Waals surface area contributed by atoms with Crippen molar-refractivity contribution < 1.29 is 4.74 Å². The van der Waals surface area contributed by atoms with E-state index in [2.05, 4.69) is 30.3 Å². The zero-order chi connectivity index (χ0) is 11.5. The number of nitrogens with one attached hydrogen (secondary N) is 1. The van der Waals surface area contributed by atoms with E-state index < -0.39 is 0 Å². The summed E-state index contributed by atoms with van der Waals surface area (Å²) < 4.78 is 5.47. The summed E-state index contributed by atoms with van der Waals surface area (Å²) in [6.07, 6.45) is 0. The van der Waals surface area contributed by atoms with Crippen molar-refractivity contribution in [3.05, 3.63) is 29.3 Å². The maximum absolute atomic E-state index is 5.47. The second kappa shape index (κ2) is 4.85. The highest BCUT2D eigenvalue weighted by Crippen LogP contribution is 2.31. The van der Waals surface area contributed by atoms with Crippen molar-refractivity contribution in [2.45, 2.75) is 13.0 Å². The molecule has 1 atom stereocenters. The molecule has 1 aliphatic heterocycles. The standard InChI is InChI=1S/C13H20N2O/c1-10-5-4-6-12(16-3)13(10)11-9-14-7-8-15(11)2/h4-6,11,14H,7-9H2,1-3H3. The van der Waals surface area contributed by atoms with Crippen LogP contribution in [0, 0.1) is 6.92 Å². The number of benzene rings is 1. The predicted molar refractivity (Wildman–Crippen MR) is 66.0 cm³/mol. The molecule has 0 aliphatic carbocycles. The van der Waals surface area contributed by atoms with Crippen LogP contribution in [0.15, 0.2) is 18.2 Å². The summed E-state index contributed by atoms with van der Waals surface area (Å²) in [5.74, 6) is 1.00. The number of ether oxygens (including phenoxy) is 1. The van der Waals surface area contributed by atoms with Crippen LogP contribution in [0.1, 0.15) is 17.2 Å². The van der Waals surface area contributed by atoms with Crippen LogP contribution < -0.4 is 10.1 Å². The monoisotopic (exact) mass is 220 g/mol. The number of methoxy groups -OCH3 is 1. The molecule has 0 bridgehead atoms. The van der Waals surface area contributed by atoms with Crippen LogP contribution >= 0.6 is 0 Å². The first-order chi connectivity index (χ1) is 7.74. The van der Waals surface area contributed by atoms with Crippen LogP contribution in [0.25, 0.3) is 0 Å². The van der Waals surface area contributed by atoms with Crippen molar-refractivity contribution in [2.75, 3.05) is 33.8 Å². The molecule has 0 saturated carbocycles. The third-order valence-electron chi connectivity index (χ3n) is 3.35. The molecule has 0 amide bonds. The topological polar surface area (TPSA) is 24.5 Å². The van der Waals surface area contributed by atoms with Gasteiger partial charge in [-0.3, -0.25) is 4.90 Å². The lowest BCUT2D eigenvalue weighted by atomic mass is 9.97. The van der Waals surface area contributed by atoms with Crippen LogP contribution in [0.4, 0.5) is 0 Å². The second-order valence-electron chi connectivity index (χ2n) is 4.39. The van der Waals surface area contributed by atoms with Crippen molar-refractivity contribution in [3.63, 3.8) is 0 Å². The van der Waals surface area contributed by atoms with Crippen molar-refractivity contribution >= 4 is 0 Å². The highest BCUT2D eigenvalue weighted by molar-refractivity contribution is 5.42. The highest BCUT2D eigenvalue weighted by atomic mass is 16.5. The molecule has 3 nitrogen and oxygen atoms in total. The zero-order valence-electron chi connectivity index (χ0n) is 10.3. The van der Waals surface area contributed by atoms with Gasteiger partial charge in [0.25, 0.3) is 0 Å². The maximum Gasteiger partial charge on any atom is 0.123 e.